The zero-order valence-corrected chi connectivity index (χ0v) is 10.5. The van der Waals surface area contributed by atoms with E-state index >= 15 is 0 Å². The van der Waals surface area contributed by atoms with Crippen LogP contribution in [0.3, 0.4) is 0 Å². The highest BCUT2D eigenvalue weighted by molar-refractivity contribution is 5.74. The first-order valence-corrected chi connectivity index (χ1v) is 5.68. The molecule has 5 heteroatoms. The number of nitrogens with zero attached hydrogens (tertiary/aromatic N) is 2. The summed E-state index contributed by atoms with van der Waals surface area (Å²) in [4.78, 5) is 6.37. The molecule has 2 rings (SSSR count). The maximum absolute atomic E-state index is 5.34. The zero-order chi connectivity index (χ0) is 13.0. The van der Waals surface area contributed by atoms with Gasteiger partial charge in [0, 0.05) is 14.1 Å². The van der Waals surface area contributed by atoms with Crippen LogP contribution in [0.5, 0.6) is 0 Å². The molecule has 2 aromatic rings. The summed E-state index contributed by atoms with van der Waals surface area (Å²) in [7, 11) is 4.01. The van der Waals surface area contributed by atoms with E-state index < -0.39 is 0 Å². The second-order valence-electron chi connectivity index (χ2n) is 4.09. The molecule has 0 atom stereocenters. The monoisotopic (exact) mass is 243 g/mol. The van der Waals surface area contributed by atoms with Crippen LogP contribution in [0.2, 0.25) is 0 Å². The summed E-state index contributed by atoms with van der Waals surface area (Å²) in [6.45, 7) is 0. The van der Waals surface area contributed by atoms with Crippen LogP contribution in [0.15, 0.2) is 42.5 Å². The van der Waals surface area contributed by atoms with Gasteiger partial charge in [-0.15, -0.1) is 0 Å². The number of benzene rings is 1. The lowest BCUT2D eigenvalue weighted by Gasteiger charge is -2.18. The zero-order valence-electron chi connectivity index (χ0n) is 10.5. The third kappa shape index (κ3) is 2.70. The summed E-state index contributed by atoms with van der Waals surface area (Å²) in [5.74, 6) is 6.72. The van der Waals surface area contributed by atoms with Crippen molar-refractivity contribution in [1.29, 1.82) is 0 Å². The van der Waals surface area contributed by atoms with Gasteiger partial charge < -0.3 is 15.6 Å². The Bertz CT molecular complexity index is 524. The van der Waals surface area contributed by atoms with Crippen molar-refractivity contribution >= 4 is 23.0 Å². The smallest absolute Gasteiger partial charge is 0.142 e. The van der Waals surface area contributed by atoms with Crippen LogP contribution in [0, 0.1) is 0 Å². The number of pyridine rings is 1. The van der Waals surface area contributed by atoms with Gasteiger partial charge in [0.15, 0.2) is 0 Å². The van der Waals surface area contributed by atoms with Crippen LogP contribution < -0.4 is 21.5 Å². The highest BCUT2D eigenvalue weighted by Gasteiger charge is 2.04. The fourth-order valence-corrected chi connectivity index (χ4v) is 1.69. The van der Waals surface area contributed by atoms with Crippen LogP contribution >= 0.6 is 0 Å². The molecule has 0 aliphatic carbocycles. The van der Waals surface area contributed by atoms with Crippen LogP contribution in [0.25, 0.3) is 0 Å². The molecule has 0 saturated heterocycles. The SMILES string of the molecule is CN(C)c1ccccc1Nc1cccc(NN)n1. The molecule has 0 aliphatic heterocycles. The quantitative estimate of drug-likeness (QED) is 0.567. The van der Waals surface area contributed by atoms with E-state index in [1.54, 1.807) is 0 Å². The van der Waals surface area contributed by atoms with E-state index in [0.29, 0.717) is 5.82 Å². The lowest BCUT2D eigenvalue weighted by molar-refractivity contribution is 1.13. The number of hydrazine groups is 1. The Kier molecular flexibility index (Phi) is 3.64. The normalized spacial score (nSPS) is 9.94. The summed E-state index contributed by atoms with van der Waals surface area (Å²) < 4.78 is 0. The van der Waals surface area contributed by atoms with E-state index in [2.05, 4.69) is 15.7 Å². The van der Waals surface area contributed by atoms with Crippen molar-refractivity contribution in [2.75, 3.05) is 29.7 Å². The molecule has 0 amide bonds. The Labute approximate surface area is 107 Å². The molecule has 4 N–H and O–H groups in total. The average molecular weight is 243 g/mol. The van der Waals surface area contributed by atoms with E-state index in [-0.39, 0.29) is 0 Å². The van der Waals surface area contributed by atoms with Gasteiger partial charge >= 0.3 is 0 Å². The number of nitrogens with two attached hydrogens (primary N) is 1. The predicted octanol–water partition coefficient (Wildman–Crippen LogP) is 2.18. The van der Waals surface area contributed by atoms with E-state index in [1.807, 2.05) is 61.5 Å². The van der Waals surface area contributed by atoms with E-state index in [4.69, 9.17) is 5.84 Å². The summed E-state index contributed by atoms with van der Waals surface area (Å²) in [6, 6.07) is 13.7. The topological polar surface area (TPSA) is 66.2 Å². The minimum Gasteiger partial charge on any atom is -0.376 e. The van der Waals surface area contributed by atoms with Crippen molar-refractivity contribution in [2.24, 2.45) is 5.84 Å². The van der Waals surface area contributed by atoms with E-state index in [9.17, 15) is 0 Å². The van der Waals surface area contributed by atoms with Gasteiger partial charge in [0.1, 0.15) is 11.6 Å². The molecule has 0 aliphatic rings. The molecule has 0 radical (unpaired) electrons. The van der Waals surface area contributed by atoms with Gasteiger partial charge in [-0.2, -0.15) is 0 Å². The Morgan fingerprint density at radius 2 is 1.72 bits per heavy atom. The van der Waals surface area contributed by atoms with Gasteiger partial charge in [-0.3, -0.25) is 0 Å². The second kappa shape index (κ2) is 5.37. The average Bonchev–Trinajstić information content (AvgIpc) is 2.39. The first-order valence-electron chi connectivity index (χ1n) is 5.68. The molecule has 1 heterocycles. The molecule has 0 bridgehead atoms. The number of rotatable bonds is 4. The lowest BCUT2D eigenvalue weighted by atomic mass is 10.2. The van der Waals surface area contributed by atoms with Crippen LogP contribution in [0.1, 0.15) is 0 Å². The minimum absolute atomic E-state index is 0.627. The molecule has 18 heavy (non-hydrogen) atoms. The summed E-state index contributed by atoms with van der Waals surface area (Å²) >= 11 is 0. The van der Waals surface area contributed by atoms with Gasteiger partial charge in [0.2, 0.25) is 0 Å². The lowest BCUT2D eigenvalue weighted by Crippen LogP contribution is -2.11. The van der Waals surface area contributed by atoms with Crippen molar-refractivity contribution in [3.05, 3.63) is 42.5 Å². The molecular formula is C13H17N5. The van der Waals surface area contributed by atoms with Crippen LogP contribution in [-0.2, 0) is 0 Å². The molecule has 0 spiro atoms. The van der Waals surface area contributed by atoms with Gasteiger partial charge in [-0.1, -0.05) is 18.2 Å². The first kappa shape index (κ1) is 12.2. The maximum atomic E-state index is 5.34. The molecule has 5 nitrogen and oxygen atoms in total. The molecule has 1 aromatic carbocycles. The summed E-state index contributed by atoms with van der Waals surface area (Å²) in [5, 5.41) is 3.28. The number of nitrogens with one attached hydrogen (secondary N) is 2. The molecule has 0 fully saturated rings. The van der Waals surface area contributed by atoms with Gasteiger partial charge in [-0.25, -0.2) is 10.8 Å². The van der Waals surface area contributed by atoms with Gasteiger partial charge in [0.25, 0.3) is 0 Å². The van der Waals surface area contributed by atoms with E-state index in [0.717, 1.165) is 17.2 Å². The van der Waals surface area contributed by atoms with Crippen molar-refractivity contribution in [1.82, 2.24) is 4.98 Å². The second-order valence-corrected chi connectivity index (χ2v) is 4.09. The predicted molar refractivity (Wildman–Crippen MR) is 76.1 cm³/mol. The number of aromatic nitrogens is 1. The Morgan fingerprint density at radius 1 is 1.00 bits per heavy atom. The number of nitrogen functional groups attached to an aromatic ring is 1. The number of hydrogen-bond donors (Lipinski definition) is 3. The fourth-order valence-electron chi connectivity index (χ4n) is 1.69. The van der Waals surface area contributed by atoms with Crippen molar-refractivity contribution in [2.45, 2.75) is 0 Å². The van der Waals surface area contributed by atoms with Crippen molar-refractivity contribution in [3.63, 3.8) is 0 Å². The highest BCUT2D eigenvalue weighted by atomic mass is 15.3. The maximum Gasteiger partial charge on any atom is 0.142 e. The third-order valence-corrected chi connectivity index (χ3v) is 2.55. The summed E-state index contributed by atoms with van der Waals surface area (Å²) in [5.41, 5.74) is 4.64. The Balaban J connectivity index is 2.28. The van der Waals surface area contributed by atoms with Crippen molar-refractivity contribution in [3.8, 4) is 0 Å². The highest BCUT2D eigenvalue weighted by Crippen LogP contribution is 2.26. The molecule has 0 unspecified atom stereocenters. The van der Waals surface area contributed by atoms with Gasteiger partial charge in [0.05, 0.1) is 11.4 Å². The largest absolute Gasteiger partial charge is 0.376 e. The first-order chi connectivity index (χ1) is 8.70. The fraction of sp³-hybridized carbons (Fsp3) is 0.154. The number of anilines is 4. The van der Waals surface area contributed by atoms with Crippen LogP contribution in [0.4, 0.5) is 23.0 Å². The Hall–Kier alpha value is -2.27. The third-order valence-electron chi connectivity index (χ3n) is 2.55. The molecule has 0 saturated carbocycles. The molecule has 94 valence electrons. The molecular weight excluding hydrogens is 226 g/mol. The Morgan fingerprint density at radius 3 is 2.44 bits per heavy atom. The standard InChI is InChI=1S/C13H17N5/c1-18(2)11-7-4-3-6-10(11)15-12-8-5-9-13(16-12)17-14/h3-9H,14H2,1-2H3,(H2,15,16,17). The number of hydrogen-bond acceptors (Lipinski definition) is 5. The minimum atomic E-state index is 0.627. The number of para-hydroxylation sites is 2. The van der Waals surface area contributed by atoms with E-state index in [1.165, 1.54) is 0 Å². The van der Waals surface area contributed by atoms with Crippen molar-refractivity contribution < 1.29 is 0 Å². The summed E-state index contributed by atoms with van der Waals surface area (Å²) in [6.07, 6.45) is 0. The molecule has 1 aromatic heterocycles. The van der Waals surface area contributed by atoms with Crippen LogP contribution in [-0.4, -0.2) is 19.1 Å². The van der Waals surface area contributed by atoms with Gasteiger partial charge in [-0.05, 0) is 24.3 Å².